The molecule has 2 atom stereocenters. The molecule has 98 valence electrons. The Bertz CT molecular complexity index is 324. The zero-order valence-corrected chi connectivity index (χ0v) is 14.3. The molecular formula is C10H16BF3KNO2. The second-order valence-corrected chi connectivity index (χ2v) is 9.27. The molecule has 2 aliphatic rings. The van der Waals surface area contributed by atoms with Gasteiger partial charge < -0.3 is 0 Å². The van der Waals surface area contributed by atoms with Crippen molar-refractivity contribution in [3.63, 3.8) is 0 Å². The molecule has 0 aromatic carbocycles. The van der Waals surface area contributed by atoms with Gasteiger partial charge in [0.25, 0.3) is 0 Å². The van der Waals surface area contributed by atoms with Crippen LogP contribution in [0.5, 0.6) is 0 Å². The van der Waals surface area contributed by atoms with Crippen LogP contribution in [0.2, 0.25) is -0.490 Å². The van der Waals surface area contributed by atoms with Crippen molar-refractivity contribution in [3.8, 4) is 0 Å². The van der Waals surface area contributed by atoms with Gasteiger partial charge in [-0.3, -0.25) is 12.9 Å². The quantitative estimate of drug-likeness (QED) is 0.641. The van der Waals surface area contributed by atoms with Crippen LogP contribution in [0.25, 0.3) is 0 Å². The number of hydrogen-bond donors (Lipinski definition) is 0. The summed E-state index contributed by atoms with van der Waals surface area (Å²) in [6, 6.07) is 0. The zero-order valence-electron chi connectivity index (χ0n) is 11.2. The Morgan fingerprint density at radius 2 is 1.94 bits per heavy atom. The second-order valence-electron chi connectivity index (χ2n) is 6.16. The summed E-state index contributed by atoms with van der Waals surface area (Å²) in [5.74, 6) is 0.815. The van der Waals surface area contributed by atoms with Crippen LogP contribution in [0.3, 0.4) is 0 Å². The van der Waals surface area contributed by atoms with E-state index in [-0.39, 0.29) is 11.7 Å². The predicted octanol–water partition coefficient (Wildman–Crippen LogP) is 2.46. The molecule has 2 rings (SSSR count). The van der Waals surface area contributed by atoms with Gasteiger partial charge in [-0.05, 0) is 0 Å². The number of amides is 1. The SMILES string of the molecule is CC(C)(C)OC(=O)N1CC2C[C]2([K])C1.FB(F)F. The third kappa shape index (κ3) is 5.40. The molecule has 1 saturated heterocycles. The molecule has 2 fully saturated rings. The molecule has 0 radical (unpaired) electrons. The number of piperidine rings is 1. The average Bonchev–Trinajstić information content (AvgIpc) is 2.61. The fraction of sp³-hybridized carbons (Fsp3) is 0.900. The molecule has 18 heavy (non-hydrogen) atoms. The van der Waals surface area contributed by atoms with Gasteiger partial charge in [0.05, 0.1) is 0 Å². The largest absolute Gasteiger partial charge is 0.762 e. The molecule has 1 heterocycles. The van der Waals surface area contributed by atoms with Gasteiger partial charge in [0.2, 0.25) is 0 Å². The molecule has 0 aromatic rings. The van der Waals surface area contributed by atoms with E-state index in [9.17, 15) is 17.7 Å². The van der Waals surface area contributed by atoms with Gasteiger partial charge >= 0.3 is 128 Å². The Kier molecular flexibility index (Phi) is 5.63. The van der Waals surface area contributed by atoms with Crippen molar-refractivity contribution in [3.05, 3.63) is 0 Å². The summed E-state index contributed by atoms with van der Waals surface area (Å²) in [5.41, 5.74) is -0.355. The van der Waals surface area contributed by atoms with E-state index in [0.717, 1.165) is 68.0 Å². The van der Waals surface area contributed by atoms with Crippen LogP contribution in [0.4, 0.5) is 17.7 Å². The summed E-state index contributed by atoms with van der Waals surface area (Å²) in [4.78, 5) is 13.6. The minimum Gasteiger partial charge on any atom is -0.254 e. The first-order chi connectivity index (χ1) is 8.03. The zero-order chi connectivity index (χ0) is 14.1. The van der Waals surface area contributed by atoms with Crippen LogP contribution in [-0.4, -0.2) is 86.2 Å². The summed E-state index contributed by atoms with van der Waals surface area (Å²) in [6.07, 6.45) is 1.25. The summed E-state index contributed by atoms with van der Waals surface area (Å²) in [7, 11) is -3.67. The second kappa shape index (κ2) is 6.03. The molecule has 0 bridgehead atoms. The van der Waals surface area contributed by atoms with E-state index in [0.29, 0.717) is -0.490 Å². The van der Waals surface area contributed by atoms with E-state index < -0.39 is 7.54 Å². The van der Waals surface area contributed by atoms with Gasteiger partial charge in [0.15, 0.2) is 0 Å². The van der Waals surface area contributed by atoms with Gasteiger partial charge in [-0.15, -0.1) is 0 Å². The molecule has 2 unspecified atom stereocenters. The van der Waals surface area contributed by atoms with Gasteiger partial charge in [-0.25, -0.2) is 0 Å². The molecular weight excluding hydrogens is 273 g/mol. The molecule has 1 aliphatic heterocycles. The van der Waals surface area contributed by atoms with Gasteiger partial charge in [0, 0.05) is 0 Å². The Morgan fingerprint density at radius 1 is 1.44 bits per heavy atom. The average molecular weight is 289 g/mol. The molecule has 0 spiro atoms. The van der Waals surface area contributed by atoms with E-state index in [4.69, 9.17) is 4.74 Å². The van der Waals surface area contributed by atoms with Gasteiger partial charge in [-0.1, -0.05) is 0 Å². The minimum atomic E-state index is -3.67. The molecule has 8 heteroatoms. The van der Waals surface area contributed by atoms with E-state index >= 15 is 0 Å². The topological polar surface area (TPSA) is 29.5 Å². The van der Waals surface area contributed by atoms with Crippen LogP contribution in [-0.2, 0) is 4.74 Å². The Morgan fingerprint density at radius 3 is 2.28 bits per heavy atom. The Labute approximate surface area is 140 Å². The standard InChI is InChI=1S/C10H16NO2.BF3.K/c1-10(2,3)13-9(12)11-5-7-4-8(7)6-11;2-1(3)4;/h7H,4-6H2,1-3H3;;. The third-order valence-electron chi connectivity index (χ3n) is 3.18. The number of halogens is 3. The minimum absolute atomic E-state index is 0.117. The van der Waals surface area contributed by atoms with E-state index in [1.807, 2.05) is 25.7 Å². The first-order valence-corrected chi connectivity index (χ1v) is 7.50. The first kappa shape index (κ1) is 16.8. The van der Waals surface area contributed by atoms with Crippen molar-refractivity contribution >= 4 is 62.6 Å². The number of rotatable bonds is 0. The van der Waals surface area contributed by atoms with Crippen LogP contribution in [0.15, 0.2) is 0 Å². The summed E-state index contributed by atoms with van der Waals surface area (Å²) < 4.78 is 34.9. The van der Waals surface area contributed by atoms with Gasteiger partial charge in [-0.2, -0.15) is 0 Å². The summed E-state index contributed by atoms with van der Waals surface area (Å²) in [5, 5.41) is 0. The maximum atomic E-state index is 11.7. The third-order valence-corrected chi connectivity index (χ3v) is 5.59. The van der Waals surface area contributed by atoms with E-state index in [2.05, 4.69) is 0 Å². The predicted molar refractivity (Wildman–Crippen MR) is 63.4 cm³/mol. The van der Waals surface area contributed by atoms with Crippen molar-refractivity contribution in [2.24, 2.45) is 5.92 Å². The number of fused-ring (bicyclic) bond motifs is 1. The maximum absolute atomic E-state index is 11.7. The molecule has 1 amide bonds. The van der Waals surface area contributed by atoms with Crippen LogP contribution < -0.4 is 0 Å². The molecule has 1 saturated carbocycles. The monoisotopic (exact) mass is 289 g/mol. The van der Waals surface area contributed by atoms with Crippen LogP contribution >= 0.6 is 0 Å². The smallest absolute Gasteiger partial charge is 0.254 e. The Hall–Kier alpha value is 0.761. The first-order valence-electron chi connectivity index (χ1n) is 5.94. The normalized spacial score (nSPS) is 29.1. The van der Waals surface area contributed by atoms with E-state index in [1.54, 1.807) is 0 Å². The molecule has 0 aromatic heterocycles. The van der Waals surface area contributed by atoms with Crippen molar-refractivity contribution in [1.82, 2.24) is 4.90 Å². The number of hydrogen-bond acceptors (Lipinski definition) is 2. The Balaban J connectivity index is 0.000000357. The van der Waals surface area contributed by atoms with Crippen molar-refractivity contribution < 1.29 is 22.5 Å². The fourth-order valence-electron chi connectivity index (χ4n) is 2.21. The van der Waals surface area contributed by atoms with Crippen LogP contribution in [0, 0.1) is 5.92 Å². The maximum Gasteiger partial charge on any atom is 0.762 e. The van der Waals surface area contributed by atoms with Crippen molar-refractivity contribution in [1.29, 1.82) is 0 Å². The molecule has 0 N–H and O–H groups in total. The number of ether oxygens (including phenoxy) is 1. The molecule has 1 aliphatic carbocycles. The number of nitrogens with zero attached hydrogens (tertiary/aromatic N) is 1. The van der Waals surface area contributed by atoms with E-state index in [1.165, 1.54) is 6.42 Å². The summed E-state index contributed by atoms with van der Waals surface area (Å²) >= 11 is 0.849. The number of likely N-dealkylation sites (tertiary alicyclic amines) is 1. The van der Waals surface area contributed by atoms with Crippen molar-refractivity contribution in [2.45, 2.75) is 32.3 Å². The van der Waals surface area contributed by atoms with Gasteiger partial charge in [0.1, 0.15) is 0 Å². The fourth-order valence-corrected chi connectivity index (χ4v) is 3.87. The van der Waals surface area contributed by atoms with Crippen molar-refractivity contribution in [2.75, 3.05) is 13.1 Å². The summed E-state index contributed by atoms with van der Waals surface area (Å²) in [6.45, 7) is 7.66. The van der Waals surface area contributed by atoms with Crippen LogP contribution in [0.1, 0.15) is 27.2 Å². The number of carbonyl (C=O) groups excluding carboxylic acids is 1. The molecule has 3 nitrogen and oxygen atoms in total. The number of carbonyl (C=O) groups is 1.